The minimum Gasteiger partial charge on any atom is -0.352 e. The Morgan fingerprint density at radius 3 is 2.64 bits per heavy atom. The van der Waals surface area contributed by atoms with Gasteiger partial charge in [0.25, 0.3) is 0 Å². The zero-order valence-corrected chi connectivity index (χ0v) is 19.6. The molecule has 0 aliphatic carbocycles. The first-order valence-corrected chi connectivity index (χ1v) is 10.2. The van der Waals surface area contributed by atoms with Crippen LogP contribution < -0.4 is 5.32 Å². The molecule has 1 aromatic heterocycles. The average Bonchev–Trinajstić information content (AvgIpc) is 2.90. The molecular weight excluding hydrogens is 445 g/mol. The summed E-state index contributed by atoms with van der Waals surface area (Å²) in [5, 5.41) is 8.95. The van der Waals surface area contributed by atoms with Gasteiger partial charge in [0.1, 0.15) is 0 Å². The summed E-state index contributed by atoms with van der Waals surface area (Å²) in [6, 6.07) is 0. The minimum absolute atomic E-state index is 0. The fourth-order valence-electron chi connectivity index (χ4n) is 3.36. The van der Waals surface area contributed by atoms with Gasteiger partial charge in [0.15, 0.2) is 5.96 Å². The first-order chi connectivity index (χ1) is 11.5. The lowest BCUT2D eigenvalue weighted by Crippen LogP contribution is -2.48. The van der Waals surface area contributed by atoms with Crippen LogP contribution in [-0.2, 0) is 26.4 Å². The molecule has 0 amide bonds. The Kier molecular flexibility index (Phi) is 9.62. The summed E-state index contributed by atoms with van der Waals surface area (Å²) in [6.07, 6.45) is 1.98. The monoisotopic (exact) mass is 479 g/mol. The van der Waals surface area contributed by atoms with Crippen molar-refractivity contribution in [1.82, 2.24) is 20.0 Å². The van der Waals surface area contributed by atoms with E-state index in [4.69, 9.17) is 0 Å². The Morgan fingerprint density at radius 1 is 1.36 bits per heavy atom. The lowest BCUT2D eigenvalue weighted by atomic mass is 10.1. The Bertz CT molecular complexity index is 570. The number of hydrogen-bond acceptors (Lipinski definition) is 3. The van der Waals surface area contributed by atoms with Crippen LogP contribution in [0.1, 0.15) is 44.6 Å². The number of rotatable bonds is 5. The van der Waals surface area contributed by atoms with Crippen LogP contribution in [0.5, 0.6) is 0 Å². The molecule has 1 aliphatic heterocycles. The van der Waals surface area contributed by atoms with Gasteiger partial charge in [-0.3, -0.25) is 9.67 Å². The van der Waals surface area contributed by atoms with E-state index in [2.05, 4.69) is 59.8 Å². The number of nitrogens with one attached hydrogen (secondary N) is 1. The van der Waals surface area contributed by atoms with E-state index in [1.807, 2.05) is 18.8 Å². The molecule has 7 heteroatoms. The summed E-state index contributed by atoms with van der Waals surface area (Å²) >= 11 is 2.10. The number of aromatic nitrogens is 2. The molecule has 1 aliphatic rings. The third-order valence-electron chi connectivity index (χ3n) is 4.80. The van der Waals surface area contributed by atoms with Crippen LogP contribution >= 0.6 is 35.7 Å². The van der Waals surface area contributed by atoms with Crippen molar-refractivity contribution in [1.29, 1.82) is 0 Å². The molecule has 1 unspecified atom stereocenters. The Balaban J connectivity index is 0.00000312. The van der Waals surface area contributed by atoms with Crippen molar-refractivity contribution in [2.75, 3.05) is 25.9 Å². The second-order valence-corrected chi connectivity index (χ2v) is 8.05. The molecule has 144 valence electrons. The van der Waals surface area contributed by atoms with E-state index in [9.17, 15) is 0 Å². The number of guanidine groups is 1. The van der Waals surface area contributed by atoms with Gasteiger partial charge < -0.3 is 10.2 Å². The topological polar surface area (TPSA) is 45.5 Å². The van der Waals surface area contributed by atoms with Crippen LogP contribution in [0.25, 0.3) is 0 Å². The van der Waals surface area contributed by atoms with E-state index in [0.717, 1.165) is 38.4 Å². The summed E-state index contributed by atoms with van der Waals surface area (Å²) in [4.78, 5) is 6.94. The largest absolute Gasteiger partial charge is 0.352 e. The molecule has 1 saturated heterocycles. The molecule has 0 saturated carbocycles. The number of aryl methyl sites for hydroxylation is 2. The van der Waals surface area contributed by atoms with Crippen LogP contribution in [0.3, 0.4) is 0 Å². The van der Waals surface area contributed by atoms with Gasteiger partial charge in [-0.1, -0.05) is 27.7 Å². The Hall–Kier alpha value is -0.440. The third kappa shape index (κ3) is 5.52. The summed E-state index contributed by atoms with van der Waals surface area (Å²) in [7, 11) is 3.94. The normalized spacial score (nSPS) is 18.4. The molecule has 1 atom stereocenters. The number of hydrogen-bond donors (Lipinski definition) is 1. The molecule has 0 bridgehead atoms. The second kappa shape index (κ2) is 10.6. The summed E-state index contributed by atoms with van der Waals surface area (Å²) in [5.41, 5.74) is 3.87. The van der Waals surface area contributed by atoms with Crippen molar-refractivity contribution in [3.63, 3.8) is 0 Å². The minimum atomic E-state index is 0. The number of thioether (sulfide) groups is 1. The summed E-state index contributed by atoms with van der Waals surface area (Å²) in [5.74, 6) is 2.90. The quantitative estimate of drug-likeness (QED) is 0.400. The van der Waals surface area contributed by atoms with Crippen LogP contribution in [-0.4, -0.2) is 51.8 Å². The lowest BCUT2D eigenvalue weighted by molar-refractivity contribution is 0.380. The van der Waals surface area contributed by atoms with E-state index >= 15 is 0 Å². The van der Waals surface area contributed by atoms with Crippen molar-refractivity contribution in [2.45, 2.75) is 52.3 Å². The highest BCUT2D eigenvalue weighted by molar-refractivity contribution is 14.0. The number of nitrogens with zero attached hydrogens (tertiary/aromatic N) is 4. The maximum absolute atomic E-state index is 4.67. The van der Waals surface area contributed by atoms with Crippen molar-refractivity contribution in [3.05, 3.63) is 17.0 Å². The zero-order valence-electron chi connectivity index (χ0n) is 16.5. The van der Waals surface area contributed by atoms with Crippen molar-refractivity contribution in [3.8, 4) is 0 Å². The van der Waals surface area contributed by atoms with Gasteiger partial charge in [-0.05, 0) is 18.8 Å². The highest BCUT2D eigenvalue weighted by Gasteiger charge is 2.25. The van der Waals surface area contributed by atoms with Crippen LogP contribution in [0, 0.1) is 5.92 Å². The molecule has 1 aromatic rings. The molecule has 25 heavy (non-hydrogen) atoms. The van der Waals surface area contributed by atoms with Gasteiger partial charge in [-0.25, -0.2) is 0 Å². The molecule has 1 fully saturated rings. The van der Waals surface area contributed by atoms with Crippen molar-refractivity contribution < 1.29 is 0 Å². The van der Waals surface area contributed by atoms with Crippen LogP contribution in [0.2, 0.25) is 0 Å². The molecular formula is C18H34IN5S. The maximum atomic E-state index is 4.67. The highest BCUT2D eigenvalue weighted by Crippen LogP contribution is 2.25. The van der Waals surface area contributed by atoms with Crippen LogP contribution in [0.15, 0.2) is 4.99 Å². The third-order valence-corrected chi connectivity index (χ3v) is 6.34. The standard InChI is InChI=1S/C18H33N5S.HI/c1-7-15-14(16(8-2)22(6)21-15)11-20-18(19-5)23-9-10-24-17(12-23)13(3)4;/h13,17H,7-12H2,1-6H3,(H,19,20);1H. The SMILES string of the molecule is CCc1nn(C)c(CC)c1CNC(=NC)N1CCSC(C(C)C)C1.I. The molecule has 0 spiro atoms. The first kappa shape index (κ1) is 22.6. The van der Waals surface area contributed by atoms with E-state index < -0.39 is 0 Å². The van der Waals surface area contributed by atoms with E-state index in [-0.39, 0.29) is 24.0 Å². The van der Waals surface area contributed by atoms with Gasteiger partial charge in [0.05, 0.1) is 5.69 Å². The molecule has 0 radical (unpaired) electrons. The summed E-state index contributed by atoms with van der Waals surface area (Å²) in [6.45, 7) is 12.0. The fraction of sp³-hybridized carbons (Fsp3) is 0.778. The Labute approximate surface area is 174 Å². The van der Waals surface area contributed by atoms with E-state index in [0.29, 0.717) is 11.2 Å². The molecule has 5 nitrogen and oxygen atoms in total. The van der Waals surface area contributed by atoms with E-state index in [1.165, 1.54) is 22.7 Å². The van der Waals surface area contributed by atoms with Gasteiger partial charge in [0.2, 0.25) is 0 Å². The zero-order chi connectivity index (χ0) is 17.7. The Morgan fingerprint density at radius 2 is 2.08 bits per heavy atom. The van der Waals surface area contributed by atoms with Crippen molar-refractivity contribution in [2.24, 2.45) is 18.0 Å². The van der Waals surface area contributed by atoms with Gasteiger partial charge in [0, 0.05) is 56.0 Å². The highest BCUT2D eigenvalue weighted by atomic mass is 127. The molecule has 2 rings (SSSR count). The second-order valence-electron chi connectivity index (χ2n) is 6.70. The molecule has 0 aromatic carbocycles. The van der Waals surface area contributed by atoms with Gasteiger partial charge >= 0.3 is 0 Å². The lowest BCUT2D eigenvalue weighted by Gasteiger charge is -2.36. The van der Waals surface area contributed by atoms with E-state index in [1.54, 1.807) is 0 Å². The fourth-order valence-corrected chi connectivity index (χ4v) is 4.66. The molecule has 1 N–H and O–H groups in total. The predicted molar refractivity (Wildman–Crippen MR) is 120 cm³/mol. The number of aliphatic imine (C=N–C) groups is 1. The predicted octanol–water partition coefficient (Wildman–Crippen LogP) is 3.31. The average molecular weight is 479 g/mol. The van der Waals surface area contributed by atoms with Gasteiger partial charge in [-0.15, -0.1) is 24.0 Å². The first-order valence-electron chi connectivity index (χ1n) is 9.12. The smallest absolute Gasteiger partial charge is 0.193 e. The maximum Gasteiger partial charge on any atom is 0.193 e. The summed E-state index contributed by atoms with van der Waals surface area (Å²) < 4.78 is 2.03. The van der Waals surface area contributed by atoms with Crippen molar-refractivity contribution >= 4 is 41.7 Å². The van der Waals surface area contributed by atoms with Gasteiger partial charge in [-0.2, -0.15) is 16.9 Å². The molecule has 2 heterocycles. The number of halogens is 1. The van der Waals surface area contributed by atoms with Crippen LogP contribution in [0.4, 0.5) is 0 Å².